The highest BCUT2D eigenvalue weighted by molar-refractivity contribution is 7.13. The van der Waals surface area contributed by atoms with Gasteiger partial charge in [-0.2, -0.15) is 4.68 Å². The number of hydrogen-bond acceptors (Lipinski definition) is 7. The van der Waals surface area contributed by atoms with Crippen LogP contribution in [-0.4, -0.2) is 37.4 Å². The number of nitrogens with zero attached hydrogens (tertiary/aromatic N) is 5. The van der Waals surface area contributed by atoms with Crippen LogP contribution in [0.2, 0.25) is 0 Å². The molecule has 0 saturated carbocycles. The second-order valence-corrected chi connectivity index (χ2v) is 5.45. The van der Waals surface area contributed by atoms with E-state index in [1.54, 1.807) is 11.8 Å². The maximum atomic E-state index is 9.47. The highest BCUT2D eigenvalue weighted by Gasteiger charge is 2.18. The van der Waals surface area contributed by atoms with Crippen LogP contribution in [0.15, 0.2) is 24.3 Å². The standard InChI is InChI=1S/C13H13N5O2S/c1-8-14-16-13(21-8)18-12(11(7-19)15-17-18)9-3-5-10(20-2)6-4-9/h3-6,19H,7H2,1-2H3. The second-order valence-electron chi connectivity index (χ2n) is 4.29. The third kappa shape index (κ3) is 2.50. The topological polar surface area (TPSA) is 86.0 Å². The molecule has 8 heteroatoms. The molecule has 2 heterocycles. The highest BCUT2D eigenvalue weighted by atomic mass is 32.1. The molecule has 7 nitrogen and oxygen atoms in total. The first-order chi connectivity index (χ1) is 10.2. The number of aromatic nitrogens is 5. The average molecular weight is 303 g/mol. The van der Waals surface area contributed by atoms with E-state index in [2.05, 4.69) is 20.5 Å². The minimum atomic E-state index is -0.195. The third-order valence-electron chi connectivity index (χ3n) is 2.95. The van der Waals surface area contributed by atoms with Crippen LogP contribution < -0.4 is 4.74 Å². The quantitative estimate of drug-likeness (QED) is 0.788. The van der Waals surface area contributed by atoms with Crippen molar-refractivity contribution in [3.8, 4) is 22.1 Å². The molecule has 0 unspecified atom stereocenters. The summed E-state index contributed by atoms with van der Waals surface area (Å²) in [6.45, 7) is 1.68. The Morgan fingerprint density at radius 3 is 2.52 bits per heavy atom. The Balaban J connectivity index is 2.13. The minimum Gasteiger partial charge on any atom is -0.497 e. The van der Waals surface area contributed by atoms with E-state index in [1.165, 1.54) is 11.3 Å². The second kappa shape index (κ2) is 5.58. The van der Waals surface area contributed by atoms with Crippen molar-refractivity contribution in [1.82, 2.24) is 25.2 Å². The number of rotatable bonds is 4. The first-order valence-electron chi connectivity index (χ1n) is 6.23. The first-order valence-corrected chi connectivity index (χ1v) is 7.05. The molecule has 0 spiro atoms. The van der Waals surface area contributed by atoms with Gasteiger partial charge in [0, 0.05) is 5.56 Å². The average Bonchev–Trinajstić information content (AvgIpc) is 3.13. The SMILES string of the molecule is COc1ccc(-c2c(CO)nnn2-c2nnc(C)s2)cc1. The summed E-state index contributed by atoms with van der Waals surface area (Å²) in [5, 5.41) is 27.1. The number of aliphatic hydroxyl groups excluding tert-OH is 1. The third-order valence-corrected chi connectivity index (χ3v) is 3.76. The molecular weight excluding hydrogens is 290 g/mol. The lowest BCUT2D eigenvalue weighted by Gasteiger charge is -2.06. The van der Waals surface area contributed by atoms with Crippen LogP contribution in [0.5, 0.6) is 5.75 Å². The van der Waals surface area contributed by atoms with Crippen molar-refractivity contribution in [3.63, 3.8) is 0 Å². The summed E-state index contributed by atoms with van der Waals surface area (Å²) in [6.07, 6.45) is 0. The summed E-state index contributed by atoms with van der Waals surface area (Å²) in [5.41, 5.74) is 2.07. The Bertz CT molecular complexity index is 750. The molecule has 3 rings (SSSR count). The van der Waals surface area contributed by atoms with E-state index in [4.69, 9.17) is 4.74 Å². The molecule has 1 aromatic carbocycles. The van der Waals surface area contributed by atoms with Crippen molar-refractivity contribution in [2.75, 3.05) is 7.11 Å². The fourth-order valence-corrected chi connectivity index (χ4v) is 2.60. The van der Waals surface area contributed by atoms with Crippen molar-refractivity contribution < 1.29 is 9.84 Å². The number of aryl methyl sites for hydroxylation is 1. The maximum absolute atomic E-state index is 9.47. The fraction of sp³-hybridized carbons (Fsp3) is 0.231. The molecule has 0 atom stereocenters. The Kier molecular flexibility index (Phi) is 3.63. The van der Waals surface area contributed by atoms with E-state index in [9.17, 15) is 5.11 Å². The number of hydrogen-bond donors (Lipinski definition) is 1. The van der Waals surface area contributed by atoms with Crippen molar-refractivity contribution >= 4 is 11.3 Å². The van der Waals surface area contributed by atoms with Gasteiger partial charge in [-0.1, -0.05) is 16.6 Å². The van der Waals surface area contributed by atoms with Crippen LogP contribution in [0.25, 0.3) is 16.4 Å². The van der Waals surface area contributed by atoms with Crippen molar-refractivity contribution in [1.29, 1.82) is 0 Å². The van der Waals surface area contributed by atoms with E-state index in [0.717, 1.165) is 16.3 Å². The number of benzene rings is 1. The van der Waals surface area contributed by atoms with E-state index in [-0.39, 0.29) is 6.61 Å². The molecule has 0 amide bonds. The molecule has 0 fully saturated rings. The smallest absolute Gasteiger partial charge is 0.234 e. The van der Waals surface area contributed by atoms with E-state index in [0.29, 0.717) is 16.5 Å². The van der Waals surface area contributed by atoms with Crippen LogP contribution >= 0.6 is 11.3 Å². The van der Waals surface area contributed by atoms with E-state index in [1.807, 2.05) is 31.2 Å². The molecule has 3 aromatic rings. The molecule has 2 aromatic heterocycles. The van der Waals surface area contributed by atoms with Crippen LogP contribution in [0.3, 0.4) is 0 Å². The van der Waals surface area contributed by atoms with Gasteiger partial charge in [-0.3, -0.25) is 0 Å². The fourth-order valence-electron chi connectivity index (χ4n) is 1.96. The largest absolute Gasteiger partial charge is 0.497 e. The number of ether oxygens (including phenoxy) is 1. The Morgan fingerprint density at radius 2 is 1.95 bits per heavy atom. The summed E-state index contributed by atoms with van der Waals surface area (Å²) < 4.78 is 6.75. The molecule has 0 radical (unpaired) electrons. The minimum absolute atomic E-state index is 0.195. The van der Waals surface area contributed by atoms with Gasteiger partial charge in [0.1, 0.15) is 22.1 Å². The van der Waals surface area contributed by atoms with E-state index < -0.39 is 0 Å². The van der Waals surface area contributed by atoms with Gasteiger partial charge in [0.15, 0.2) is 0 Å². The van der Waals surface area contributed by atoms with Crippen molar-refractivity contribution in [2.45, 2.75) is 13.5 Å². The molecule has 21 heavy (non-hydrogen) atoms. The van der Waals surface area contributed by atoms with Crippen LogP contribution in [0, 0.1) is 6.92 Å². The van der Waals surface area contributed by atoms with Gasteiger partial charge in [0.05, 0.1) is 13.7 Å². The molecule has 0 bridgehead atoms. The van der Waals surface area contributed by atoms with Crippen molar-refractivity contribution in [3.05, 3.63) is 35.0 Å². The highest BCUT2D eigenvalue weighted by Crippen LogP contribution is 2.28. The Hall–Kier alpha value is -2.32. The molecular formula is C13H13N5O2S. The van der Waals surface area contributed by atoms with Crippen LogP contribution in [0.1, 0.15) is 10.7 Å². The molecule has 108 valence electrons. The summed E-state index contributed by atoms with van der Waals surface area (Å²) in [4.78, 5) is 0. The monoisotopic (exact) mass is 303 g/mol. The lowest BCUT2D eigenvalue weighted by molar-refractivity contribution is 0.277. The van der Waals surface area contributed by atoms with Crippen LogP contribution in [-0.2, 0) is 6.61 Å². The number of aliphatic hydroxyl groups is 1. The van der Waals surface area contributed by atoms with Gasteiger partial charge < -0.3 is 9.84 Å². The molecule has 0 aliphatic carbocycles. The predicted molar refractivity (Wildman–Crippen MR) is 77.5 cm³/mol. The van der Waals surface area contributed by atoms with Gasteiger partial charge >= 0.3 is 0 Å². The molecule has 1 N–H and O–H groups in total. The number of methoxy groups -OCH3 is 1. The molecule has 0 aliphatic heterocycles. The summed E-state index contributed by atoms with van der Waals surface area (Å²) in [7, 11) is 1.62. The molecule has 0 saturated heterocycles. The van der Waals surface area contributed by atoms with Gasteiger partial charge in [-0.05, 0) is 31.2 Å². The van der Waals surface area contributed by atoms with Gasteiger partial charge in [-0.25, -0.2) is 0 Å². The van der Waals surface area contributed by atoms with Gasteiger partial charge in [0.25, 0.3) is 0 Å². The van der Waals surface area contributed by atoms with Gasteiger partial charge in [0.2, 0.25) is 5.13 Å². The predicted octanol–water partition coefficient (Wildman–Crippen LogP) is 1.60. The summed E-state index contributed by atoms with van der Waals surface area (Å²) >= 11 is 1.41. The van der Waals surface area contributed by atoms with Gasteiger partial charge in [-0.15, -0.1) is 15.3 Å². The zero-order valence-corrected chi connectivity index (χ0v) is 12.3. The first kappa shape index (κ1) is 13.7. The summed E-state index contributed by atoms with van der Waals surface area (Å²) in [5.74, 6) is 0.759. The normalized spacial score (nSPS) is 10.8. The van der Waals surface area contributed by atoms with Crippen LogP contribution in [0.4, 0.5) is 0 Å². The Labute approximate surface area is 124 Å². The van der Waals surface area contributed by atoms with Crippen molar-refractivity contribution in [2.24, 2.45) is 0 Å². The maximum Gasteiger partial charge on any atom is 0.234 e. The zero-order chi connectivity index (χ0) is 14.8. The molecule has 0 aliphatic rings. The lowest BCUT2D eigenvalue weighted by atomic mass is 10.1. The summed E-state index contributed by atoms with van der Waals surface area (Å²) in [6, 6.07) is 7.47. The lowest BCUT2D eigenvalue weighted by Crippen LogP contribution is -2.00. The zero-order valence-electron chi connectivity index (χ0n) is 11.5. The Morgan fingerprint density at radius 1 is 1.19 bits per heavy atom. The van der Waals surface area contributed by atoms with E-state index >= 15 is 0 Å².